The highest BCUT2D eigenvalue weighted by Crippen LogP contribution is 2.42. The van der Waals surface area contributed by atoms with E-state index in [1.165, 1.54) is 42.2 Å². The van der Waals surface area contributed by atoms with Gasteiger partial charge in [0.05, 0.1) is 36.8 Å². The number of nitro groups is 2. The molecule has 1 aliphatic heterocycles. The van der Waals surface area contributed by atoms with Crippen LogP contribution in [-0.4, -0.2) is 21.5 Å². The van der Waals surface area contributed by atoms with Crippen LogP contribution in [0.15, 0.2) is 100 Å². The third-order valence-corrected chi connectivity index (χ3v) is 10.1. The number of benzene rings is 4. The summed E-state index contributed by atoms with van der Waals surface area (Å²) in [6.07, 6.45) is 3.23. The second-order valence-corrected chi connectivity index (χ2v) is 13.4. The van der Waals surface area contributed by atoms with E-state index in [2.05, 4.69) is 28.7 Å². The Morgan fingerprint density at radius 3 is 2.50 bits per heavy atom. The number of nitrogens with zero attached hydrogens (tertiary/aromatic N) is 4. The fourth-order valence-corrected chi connectivity index (χ4v) is 7.90. The van der Waals surface area contributed by atoms with Crippen LogP contribution in [0.25, 0.3) is 11.8 Å². The molecule has 0 spiro atoms. The summed E-state index contributed by atoms with van der Waals surface area (Å²) in [5.74, 6) is 0.969. The number of aromatic nitrogens is 1. The molecule has 0 bridgehead atoms. The summed E-state index contributed by atoms with van der Waals surface area (Å²) in [4.78, 5) is 41.6. The molecule has 0 amide bonds. The zero-order valence-electron chi connectivity index (χ0n) is 25.3. The lowest BCUT2D eigenvalue weighted by atomic mass is 9.83. The Kier molecular flexibility index (Phi) is 8.39. The minimum Gasteiger partial charge on any atom is -0.493 e. The van der Waals surface area contributed by atoms with Crippen LogP contribution >= 0.6 is 33.9 Å². The van der Waals surface area contributed by atoms with Gasteiger partial charge in [-0.25, -0.2) is 4.99 Å². The number of aryl methyl sites for hydroxylation is 1. The molecule has 1 aromatic heterocycles. The SMILES string of the molecule is COc1cc(C=c2sc3n(c2=O)C(c2cccc([N+](=O)[O-])c2)C2=C(N=3)c3ccccc3CC2)cc(I)c1OCc1ccc([N+](=O)[O-])cc1. The van der Waals surface area contributed by atoms with Gasteiger partial charge in [0.25, 0.3) is 16.9 Å². The van der Waals surface area contributed by atoms with E-state index in [1.54, 1.807) is 41.0 Å². The van der Waals surface area contributed by atoms with Gasteiger partial charge in [0, 0.05) is 29.8 Å². The molecule has 2 aliphatic rings. The highest BCUT2D eigenvalue weighted by molar-refractivity contribution is 14.1. The number of non-ortho nitro benzene ring substituents is 2. The van der Waals surface area contributed by atoms with Crippen molar-refractivity contribution in [1.29, 1.82) is 0 Å². The first-order valence-electron chi connectivity index (χ1n) is 14.8. The van der Waals surface area contributed by atoms with Crippen LogP contribution in [-0.2, 0) is 13.0 Å². The van der Waals surface area contributed by atoms with Gasteiger partial charge in [-0.15, -0.1) is 0 Å². The summed E-state index contributed by atoms with van der Waals surface area (Å²) in [7, 11) is 1.53. The first-order valence-corrected chi connectivity index (χ1v) is 16.7. The molecule has 2 heterocycles. The van der Waals surface area contributed by atoms with E-state index >= 15 is 0 Å². The average molecular weight is 773 g/mol. The van der Waals surface area contributed by atoms with Crippen LogP contribution in [0.3, 0.4) is 0 Å². The van der Waals surface area contributed by atoms with E-state index in [1.807, 2.05) is 30.3 Å². The van der Waals surface area contributed by atoms with Crippen LogP contribution in [0, 0.1) is 23.8 Å². The molecule has 1 atom stereocenters. The Bertz CT molecular complexity index is 2350. The minimum absolute atomic E-state index is 0.00179. The van der Waals surface area contributed by atoms with Gasteiger partial charge in [-0.1, -0.05) is 47.7 Å². The number of ether oxygens (including phenoxy) is 2. The van der Waals surface area contributed by atoms with Gasteiger partial charge in [0.2, 0.25) is 0 Å². The second kappa shape index (κ2) is 12.8. The first kappa shape index (κ1) is 31.4. The van der Waals surface area contributed by atoms with Gasteiger partial charge in [0.15, 0.2) is 16.3 Å². The number of hydrogen-bond acceptors (Lipinski definition) is 9. The molecule has 0 fully saturated rings. The molecule has 48 heavy (non-hydrogen) atoms. The maximum Gasteiger partial charge on any atom is 0.271 e. The maximum absolute atomic E-state index is 14.2. The molecule has 0 saturated heterocycles. The molecule has 4 aromatic carbocycles. The largest absolute Gasteiger partial charge is 0.493 e. The van der Waals surface area contributed by atoms with Crippen molar-refractivity contribution in [3.05, 3.63) is 162 Å². The number of halogens is 1. The number of rotatable bonds is 8. The van der Waals surface area contributed by atoms with Crippen molar-refractivity contribution >= 4 is 57.1 Å². The second-order valence-electron chi connectivity index (χ2n) is 11.2. The smallest absolute Gasteiger partial charge is 0.271 e. The summed E-state index contributed by atoms with van der Waals surface area (Å²) in [5.41, 5.74) is 5.80. The van der Waals surface area contributed by atoms with Crippen molar-refractivity contribution in [3.63, 3.8) is 0 Å². The van der Waals surface area contributed by atoms with Crippen molar-refractivity contribution in [2.24, 2.45) is 4.99 Å². The topological polar surface area (TPSA) is 139 Å². The van der Waals surface area contributed by atoms with Crippen molar-refractivity contribution in [2.75, 3.05) is 7.11 Å². The van der Waals surface area contributed by atoms with Crippen molar-refractivity contribution in [1.82, 2.24) is 4.57 Å². The summed E-state index contributed by atoms with van der Waals surface area (Å²) in [6.45, 7) is 0.174. The normalized spacial score (nSPS) is 15.2. The standard InChI is InChI=1S/C35H25IN4O7S/c1-46-29-16-21(15-28(36)33(29)47-19-20-9-12-24(13-10-20)39(42)43)17-30-34(41)38-32(23-6-4-7-25(18-23)40(44)45)27-14-11-22-5-2-3-8-26(22)31(27)37-35(38)48-30/h2-10,12-13,15-18,32H,11,14,19H2,1H3. The van der Waals surface area contributed by atoms with Crippen LogP contribution in [0.4, 0.5) is 11.4 Å². The summed E-state index contributed by atoms with van der Waals surface area (Å²) in [5, 5.41) is 22.7. The zero-order valence-corrected chi connectivity index (χ0v) is 28.3. The molecule has 1 aliphatic carbocycles. The molecule has 5 aromatic rings. The van der Waals surface area contributed by atoms with Gasteiger partial charge in [-0.05, 0) is 93.6 Å². The maximum atomic E-state index is 14.2. The lowest BCUT2D eigenvalue weighted by Gasteiger charge is -2.30. The van der Waals surface area contributed by atoms with Gasteiger partial charge in [0.1, 0.15) is 6.61 Å². The molecule has 0 saturated carbocycles. The predicted molar refractivity (Wildman–Crippen MR) is 189 cm³/mol. The molecule has 13 heteroatoms. The van der Waals surface area contributed by atoms with Crippen LogP contribution in [0.2, 0.25) is 0 Å². The summed E-state index contributed by atoms with van der Waals surface area (Å²) in [6, 6.07) is 23.8. The number of thiazole rings is 1. The monoisotopic (exact) mass is 772 g/mol. The number of hydrogen-bond donors (Lipinski definition) is 0. The van der Waals surface area contributed by atoms with E-state index in [4.69, 9.17) is 14.5 Å². The Balaban J connectivity index is 1.30. The number of methoxy groups -OCH3 is 1. The van der Waals surface area contributed by atoms with E-state index in [-0.39, 0.29) is 23.5 Å². The average Bonchev–Trinajstić information content (AvgIpc) is 3.40. The summed E-state index contributed by atoms with van der Waals surface area (Å²) < 4.78 is 14.6. The van der Waals surface area contributed by atoms with E-state index in [0.29, 0.717) is 38.4 Å². The predicted octanol–water partition coefficient (Wildman–Crippen LogP) is 6.33. The van der Waals surface area contributed by atoms with Crippen LogP contribution in [0.5, 0.6) is 11.5 Å². The lowest BCUT2D eigenvalue weighted by molar-refractivity contribution is -0.385. The quantitative estimate of drug-likeness (QED) is 0.102. The highest BCUT2D eigenvalue weighted by Gasteiger charge is 2.33. The van der Waals surface area contributed by atoms with Crippen molar-refractivity contribution in [2.45, 2.75) is 25.5 Å². The molecular weight excluding hydrogens is 747 g/mol. The number of fused-ring (bicyclic) bond motifs is 3. The number of allylic oxidation sites excluding steroid dienone is 1. The first-order chi connectivity index (χ1) is 23.2. The lowest BCUT2D eigenvalue weighted by Crippen LogP contribution is -2.38. The Labute approximate surface area is 290 Å². The molecule has 0 N–H and O–H groups in total. The number of nitro benzene ring substituents is 2. The van der Waals surface area contributed by atoms with Crippen molar-refractivity contribution in [3.8, 4) is 11.5 Å². The molecule has 7 rings (SSSR count). The highest BCUT2D eigenvalue weighted by atomic mass is 127. The van der Waals surface area contributed by atoms with Gasteiger partial charge in [-0.2, -0.15) is 0 Å². The van der Waals surface area contributed by atoms with Gasteiger partial charge in [-0.3, -0.25) is 29.6 Å². The van der Waals surface area contributed by atoms with Crippen LogP contribution < -0.4 is 24.4 Å². The Morgan fingerprint density at radius 2 is 1.75 bits per heavy atom. The Morgan fingerprint density at radius 1 is 0.979 bits per heavy atom. The van der Waals surface area contributed by atoms with Crippen molar-refractivity contribution < 1.29 is 19.3 Å². The zero-order chi connectivity index (χ0) is 33.5. The van der Waals surface area contributed by atoms with Crippen LogP contribution in [0.1, 0.15) is 40.3 Å². The van der Waals surface area contributed by atoms with E-state index in [9.17, 15) is 25.0 Å². The van der Waals surface area contributed by atoms with E-state index < -0.39 is 15.9 Å². The fourth-order valence-electron chi connectivity index (χ4n) is 6.11. The Hall–Kier alpha value is -5.15. The molecular formula is C35H25IN4O7S. The molecule has 240 valence electrons. The third-order valence-electron chi connectivity index (χ3n) is 8.35. The minimum atomic E-state index is -0.545. The third kappa shape index (κ3) is 5.79. The van der Waals surface area contributed by atoms with Gasteiger partial charge >= 0.3 is 0 Å². The fraction of sp³-hybridized carbons (Fsp3) is 0.143. The molecule has 1 unspecified atom stereocenters. The van der Waals surface area contributed by atoms with E-state index in [0.717, 1.165) is 32.4 Å². The molecule has 0 radical (unpaired) electrons. The van der Waals surface area contributed by atoms with Gasteiger partial charge < -0.3 is 9.47 Å². The molecule has 11 nitrogen and oxygen atoms in total. The summed E-state index contributed by atoms with van der Waals surface area (Å²) >= 11 is 3.42.